The predicted molar refractivity (Wildman–Crippen MR) is 80.2 cm³/mol. The number of benzene rings is 2. The quantitative estimate of drug-likeness (QED) is 0.719. The summed E-state index contributed by atoms with van der Waals surface area (Å²) in [5, 5.41) is 11.0. The van der Waals surface area contributed by atoms with Gasteiger partial charge in [0.1, 0.15) is 0 Å². The Morgan fingerprint density at radius 2 is 1.90 bits per heavy atom. The first-order chi connectivity index (χ1) is 10.2. The smallest absolute Gasteiger partial charge is 0.277 e. The van der Waals surface area contributed by atoms with Crippen molar-refractivity contribution >= 4 is 17.3 Å². The van der Waals surface area contributed by atoms with Gasteiger partial charge < -0.3 is 11.1 Å². The van der Waals surface area contributed by atoms with Gasteiger partial charge in [0.05, 0.1) is 11.9 Å². The third-order valence-corrected chi connectivity index (χ3v) is 2.86. The maximum atomic E-state index is 12.1. The molecule has 1 heterocycles. The van der Waals surface area contributed by atoms with Crippen LogP contribution >= 0.6 is 0 Å². The molecule has 6 heteroatoms. The van der Waals surface area contributed by atoms with E-state index >= 15 is 0 Å². The molecule has 0 radical (unpaired) electrons. The second-order valence-corrected chi connectivity index (χ2v) is 4.43. The molecule has 0 bridgehead atoms. The number of rotatable bonds is 3. The SMILES string of the molecule is Nc1cccc(NC(=O)c2cnn(-c3ccccc3)n2)c1. The van der Waals surface area contributed by atoms with Crippen molar-refractivity contribution in [3.05, 3.63) is 66.5 Å². The summed E-state index contributed by atoms with van der Waals surface area (Å²) < 4.78 is 0. The Bertz CT molecular complexity index is 766. The minimum atomic E-state index is -0.331. The third kappa shape index (κ3) is 2.89. The van der Waals surface area contributed by atoms with E-state index in [4.69, 9.17) is 5.73 Å². The molecule has 0 atom stereocenters. The molecule has 3 aromatic rings. The molecule has 0 saturated heterocycles. The maximum Gasteiger partial charge on any atom is 0.277 e. The number of amides is 1. The fraction of sp³-hybridized carbons (Fsp3) is 0. The monoisotopic (exact) mass is 279 g/mol. The highest BCUT2D eigenvalue weighted by Gasteiger charge is 2.11. The van der Waals surface area contributed by atoms with Gasteiger partial charge in [-0.15, -0.1) is 5.10 Å². The average molecular weight is 279 g/mol. The van der Waals surface area contributed by atoms with Crippen molar-refractivity contribution in [2.24, 2.45) is 0 Å². The highest BCUT2D eigenvalue weighted by molar-refractivity contribution is 6.02. The molecule has 0 aliphatic heterocycles. The third-order valence-electron chi connectivity index (χ3n) is 2.86. The molecule has 0 fully saturated rings. The summed E-state index contributed by atoms with van der Waals surface area (Å²) >= 11 is 0. The number of nitrogen functional groups attached to an aromatic ring is 1. The van der Waals surface area contributed by atoms with Crippen molar-refractivity contribution in [3.8, 4) is 5.69 Å². The molecule has 6 nitrogen and oxygen atoms in total. The van der Waals surface area contributed by atoms with Gasteiger partial charge in [-0.25, -0.2) is 0 Å². The van der Waals surface area contributed by atoms with E-state index in [2.05, 4.69) is 15.5 Å². The molecule has 3 N–H and O–H groups in total. The van der Waals surface area contributed by atoms with Gasteiger partial charge in [-0.3, -0.25) is 4.79 Å². The van der Waals surface area contributed by atoms with E-state index in [1.165, 1.54) is 11.0 Å². The number of nitrogens with zero attached hydrogens (tertiary/aromatic N) is 3. The van der Waals surface area contributed by atoms with Crippen molar-refractivity contribution in [3.63, 3.8) is 0 Å². The van der Waals surface area contributed by atoms with Crippen molar-refractivity contribution in [1.82, 2.24) is 15.0 Å². The van der Waals surface area contributed by atoms with Crippen LogP contribution in [-0.2, 0) is 0 Å². The summed E-state index contributed by atoms with van der Waals surface area (Å²) in [4.78, 5) is 13.5. The van der Waals surface area contributed by atoms with E-state index in [9.17, 15) is 4.79 Å². The number of para-hydroxylation sites is 1. The molecule has 1 amide bonds. The molecule has 104 valence electrons. The van der Waals surface area contributed by atoms with Crippen LogP contribution in [0, 0.1) is 0 Å². The van der Waals surface area contributed by atoms with Gasteiger partial charge in [0.15, 0.2) is 5.69 Å². The number of anilines is 2. The predicted octanol–water partition coefficient (Wildman–Crippen LogP) is 2.10. The lowest BCUT2D eigenvalue weighted by Gasteiger charge is -2.03. The molecule has 21 heavy (non-hydrogen) atoms. The Morgan fingerprint density at radius 3 is 2.67 bits per heavy atom. The molecule has 1 aromatic heterocycles. The molecule has 3 rings (SSSR count). The lowest BCUT2D eigenvalue weighted by Crippen LogP contribution is -2.13. The Hall–Kier alpha value is -3.15. The zero-order chi connectivity index (χ0) is 14.7. The number of nitrogens with two attached hydrogens (primary N) is 1. The fourth-order valence-corrected chi connectivity index (χ4v) is 1.86. The summed E-state index contributed by atoms with van der Waals surface area (Å²) in [5.41, 5.74) is 7.90. The normalized spacial score (nSPS) is 10.3. The van der Waals surface area contributed by atoms with E-state index in [-0.39, 0.29) is 11.6 Å². The van der Waals surface area contributed by atoms with Gasteiger partial charge in [0, 0.05) is 11.4 Å². The molecule has 0 spiro atoms. The first-order valence-electron chi connectivity index (χ1n) is 6.37. The molecule has 0 unspecified atom stereocenters. The minimum Gasteiger partial charge on any atom is -0.399 e. The average Bonchev–Trinajstić information content (AvgIpc) is 2.98. The lowest BCUT2D eigenvalue weighted by atomic mass is 10.3. The van der Waals surface area contributed by atoms with Crippen LogP contribution in [-0.4, -0.2) is 20.9 Å². The molecular formula is C15H13N5O. The van der Waals surface area contributed by atoms with Crippen LogP contribution in [0.3, 0.4) is 0 Å². The Balaban J connectivity index is 1.78. The molecular weight excluding hydrogens is 266 g/mol. The highest BCUT2D eigenvalue weighted by atomic mass is 16.2. The van der Waals surface area contributed by atoms with Gasteiger partial charge >= 0.3 is 0 Å². The zero-order valence-electron chi connectivity index (χ0n) is 11.1. The molecule has 0 aliphatic rings. The number of hydrogen-bond acceptors (Lipinski definition) is 4. The maximum absolute atomic E-state index is 12.1. The molecule has 0 aliphatic carbocycles. The van der Waals surface area contributed by atoms with Gasteiger partial charge in [0.2, 0.25) is 0 Å². The van der Waals surface area contributed by atoms with Crippen LogP contribution in [0.25, 0.3) is 5.69 Å². The standard InChI is InChI=1S/C15H13N5O/c16-11-5-4-6-12(9-11)18-15(21)14-10-17-20(19-14)13-7-2-1-3-8-13/h1-10H,16H2,(H,18,21). The number of hydrogen-bond donors (Lipinski definition) is 2. The Labute approximate surface area is 121 Å². The van der Waals surface area contributed by atoms with Crippen LogP contribution in [0.4, 0.5) is 11.4 Å². The van der Waals surface area contributed by atoms with E-state index in [1.54, 1.807) is 24.3 Å². The molecule has 2 aromatic carbocycles. The number of nitrogens with one attached hydrogen (secondary N) is 1. The van der Waals surface area contributed by atoms with Crippen LogP contribution in [0.5, 0.6) is 0 Å². The number of carbonyl (C=O) groups is 1. The summed E-state index contributed by atoms with van der Waals surface area (Å²) in [6, 6.07) is 16.3. The van der Waals surface area contributed by atoms with Crippen LogP contribution in [0.1, 0.15) is 10.5 Å². The van der Waals surface area contributed by atoms with Gasteiger partial charge in [-0.2, -0.15) is 9.90 Å². The van der Waals surface area contributed by atoms with Crippen molar-refractivity contribution < 1.29 is 4.79 Å². The Kier molecular flexibility index (Phi) is 3.34. The highest BCUT2D eigenvalue weighted by Crippen LogP contribution is 2.13. The van der Waals surface area contributed by atoms with Crippen LogP contribution in [0.15, 0.2) is 60.8 Å². The zero-order valence-corrected chi connectivity index (χ0v) is 11.1. The number of aromatic nitrogens is 3. The molecule has 0 saturated carbocycles. The topological polar surface area (TPSA) is 85.8 Å². The van der Waals surface area contributed by atoms with Gasteiger partial charge in [-0.05, 0) is 30.3 Å². The number of carbonyl (C=O) groups excluding carboxylic acids is 1. The lowest BCUT2D eigenvalue weighted by molar-refractivity contribution is 0.102. The largest absolute Gasteiger partial charge is 0.399 e. The van der Waals surface area contributed by atoms with Crippen LogP contribution < -0.4 is 11.1 Å². The summed E-state index contributed by atoms with van der Waals surface area (Å²) in [6.07, 6.45) is 1.43. The second-order valence-electron chi connectivity index (χ2n) is 4.43. The Morgan fingerprint density at radius 1 is 1.10 bits per heavy atom. The van der Waals surface area contributed by atoms with Crippen molar-refractivity contribution in [2.45, 2.75) is 0 Å². The van der Waals surface area contributed by atoms with Crippen molar-refractivity contribution in [2.75, 3.05) is 11.1 Å². The van der Waals surface area contributed by atoms with E-state index in [1.807, 2.05) is 30.3 Å². The van der Waals surface area contributed by atoms with E-state index in [0.717, 1.165) is 5.69 Å². The van der Waals surface area contributed by atoms with Crippen LogP contribution in [0.2, 0.25) is 0 Å². The fourth-order valence-electron chi connectivity index (χ4n) is 1.86. The first kappa shape index (κ1) is 12.9. The van der Waals surface area contributed by atoms with E-state index in [0.29, 0.717) is 11.4 Å². The summed E-state index contributed by atoms with van der Waals surface area (Å²) in [6.45, 7) is 0. The second kappa shape index (κ2) is 5.46. The van der Waals surface area contributed by atoms with Crippen molar-refractivity contribution in [1.29, 1.82) is 0 Å². The summed E-state index contributed by atoms with van der Waals surface area (Å²) in [7, 11) is 0. The first-order valence-corrected chi connectivity index (χ1v) is 6.37. The van der Waals surface area contributed by atoms with E-state index < -0.39 is 0 Å². The summed E-state index contributed by atoms with van der Waals surface area (Å²) in [5.74, 6) is -0.331. The minimum absolute atomic E-state index is 0.237. The van der Waals surface area contributed by atoms with Gasteiger partial charge in [0.25, 0.3) is 5.91 Å². The van der Waals surface area contributed by atoms with Gasteiger partial charge in [-0.1, -0.05) is 24.3 Å².